The van der Waals surface area contributed by atoms with Gasteiger partial charge >= 0.3 is 6.18 Å². The van der Waals surface area contributed by atoms with E-state index in [9.17, 15) is 18.0 Å². The Hall–Kier alpha value is -3.10. The number of halogens is 3. The molecule has 1 aliphatic rings. The summed E-state index contributed by atoms with van der Waals surface area (Å²) in [5.41, 5.74) is 0.582. The van der Waals surface area contributed by atoms with Gasteiger partial charge in [0, 0.05) is 5.69 Å². The SMILES string of the molecule is CC(Nc1ccc(OCC(F)(F)F)cc1)C(=O)NCC1COc2ccccc2O1. The van der Waals surface area contributed by atoms with Gasteiger partial charge < -0.3 is 24.8 Å². The second-order valence-corrected chi connectivity index (χ2v) is 6.54. The van der Waals surface area contributed by atoms with Gasteiger partial charge in [0.15, 0.2) is 18.1 Å². The number of benzene rings is 2. The van der Waals surface area contributed by atoms with Crippen LogP contribution in [0.4, 0.5) is 18.9 Å². The van der Waals surface area contributed by atoms with E-state index in [1.54, 1.807) is 25.1 Å². The molecule has 1 amide bonds. The molecule has 0 bridgehead atoms. The first-order valence-electron chi connectivity index (χ1n) is 9.02. The van der Waals surface area contributed by atoms with E-state index in [1.165, 1.54) is 12.1 Å². The van der Waals surface area contributed by atoms with Crippen molar-refractivity contribution in [2.45, 2.75) is 25.2 Å². The van der Waals surface area contributed by atoms with Gasteiger partial charge in [0.25, 0.3) is 0 Å². The van der Waals surface area contributed by atoms with Crippen LogP contribution in [0.15, 0.2) is 48.5 Å². The molecule has 156 valence electrons. The number of para-hydroxylation sites is 2. The Morgan fingerprint density at radius 3 is 2.55 bits per heavy atom. The van der Waals surface area contributed by atoms with Crippen LogP contribution in [0.5, 0.6) is 17.2 Å². The molecule has 1 heterocycles. The number of fused-ring (bicyclic) bond motifs is 1. The van der Waals surface area contributed by atoms with Crippen LogP contribution in [0, 0.1) is 0 Å². The van der Waals surface area contributed by atoms with E-state index in [4.69, 9.17) is 9.47 Å². The Morgan fingerprint density at radius 1 is 1.17 bits per heavy atom. The Labute approximate surface area is 166 Å². The first-order chi connectivity index (χ1) is 13.8. The minimum atomic E-state index is -4.39. The summed E-state index contributed by atoms with van der Waals surface area (Å²) in [5.74, 6) is 1.16. The maximum Gasteiger partial charge on any atom is 0.422 e. The predicted octanol–water partition coefficient (Wildman–Crippen LogP) is 3.38. The molecule has 0 saturated heterocycles. The van der Waals surface area contributed by atoms with Crippen molar-refractivity contribution in [3.05, 3.63) is 48.5 Å². The number of amides is 1. The summed E-state index contributed by atoms with van der Waals surface area (Å²) in [6.45, 7) is 0.939. The van der Waals surface area contributed by atoms with Crippen LogP contribution in [0.1, 0.15) is 6.92 Å². The zero-order valence-electron chi connectivity index (χ0n) is 15.7. The minimum Gasteiger partial charge on any atom is -0.486 e. The fourth-order valence-corrected chi connectivity index (χ4v) is 2.66. The van der Waals surface area contributed by atoms with Crippen molar-refractivity contribution in [2.75, 3.05) is 25.1 Å². The molecule has 2 N–H and O–H groups in total. The molecule has 1 aliphatic heterocycles. The van der Waals surface area contributed by atoms with Crippen LogP contribution >= 0.6 is 0 Å². The largest absolute Gasteiger partial charge is 0.486 e. The van der Waals surface area contributed by atoms with Gasteiger partial charge in [-0.15, -0.1) is 0 Å². The number of carbonyl (C=O) groups excluding carboxylic acids is 1. The number of rotatable bonds is 7. The van der Waals surface area contributed by atoms with Gasteiger partial charge in [-0.3, -0.25) is 4.79 Å². The first kappa shape index (κ1) is 20.6. The number of anilines is 1. The Morgan fingerprint density at radius 2 is 1.86 bits per heavy atom. The summed E-state index contributed by atoms with van der Waals surface area (Å²) in [7, 11) is 0. The number of alkyl halides is 3. The maximum atomic E-state index is 12.3. The highest BCUT2D eigenvalue weighted by atomic mass is 19.4. The molecule has 2 unspecified atom stereocenters. The molecule has 6 nitrogen and oxygen atoms in total. The van der Waals surface area contributed by atoms with Crippen LogP contribution in [0.3, 0.4) is 0 Å². The average molecular weight is 410 g/mol. The van der Waals surface area contributed by atoms with Crippen molar-refractivity contribution in [2.24, 2.45) is 0 Å². The van der Waals surface area contributed by atoms with Crippen molar-refractivity contribution in [1.29, 1.82) is 0 Å². The van der Waals surface area contributed by atoms with Crippen LogP contribution in [0.25, 0.3) is 0 Å². The highest BCUT2D eigenvalue weighted by Gasteiger charge is 2.28. The number of hydrogen-bond acceptors (Lipinski definition) is 5. The fourth-order valence-electron chi connectivity index (χ4n) is 2.66. The fraction of sp³-hybridized carbons (Fsp3) is 0.350. The lowest BCUT2D eigenvalue weighted by Gasteiger charge is -2.27. The molecule has 0 spiro atoms. The Kier molecular flexibility index (Phi) is 6.36. The van der Waals surface area contributed by atoms with Crippen LogP contribution in [-0.4, -0.2) is 44.0 Å². The topological polar surface area (TPSA) is 68.8 Å². The molecule has 0 aromatic heterocycles. The van der Waals surface area contributed by atoms with Crippen molar-refractivity contribution in [3.8, 4) is 17.2 Å². The van der Waals surface area contributed by atoms with Crippen LogP contribution in [0.2, 0.25) is 0 Å². The summed E-state index contributed by atoms with van der Waals surface area (Å²) in [6.07, 6.45) is -4.69. The first-order valence-corrected chi connectivity index (χ1v) is 9.02. The molecule has 29 heavy (non-hydrogen) atoms. The lowest BCUT2D eigenvalue weighted by Crippen LogP contribution is -2.45. The second-order valence-electron chi connectivity index (χ2n) is 6.54. The van der Waals surface area contributed by atoms with Gasteiger partial charge in [0.2, 0.25) is 5.91 Å². The zero-order chi connectivity index (χ0) is 20.9. The molecule has 2 aromatic rings. The lowest BCUT2D eigenvalue weighted by molar-refractivity contribution is -0.153. The molecule has 2 atom stereocenters. The predicted molar refractivity (Wildman–Crippen MR) is 100 cm³/mol. The van der Waals surface area contributed by atoms with E-state index < -0.39 is 18.8 Å². The van der Waals surface area contributed by atoms with Crippen molar-refractivity contribution >= 4 is 11.6 Å². The zero-order valence-corrected chi connectivity index (χ0v) is 15.7. The number of hydrogen-bond donors (Lipinski definition) is 2. The number of carbonyl (C=O) groups is 1. The third-order valence-corrected chi connectivity index (χ3v) is 4.10. The summed E-state index contributed by atoms with van der Waals surface area (Å²) in [6, 6.07) is 12.7. The van der Waals surface area contributed by atoms with E-state index in [1.807, 2.05) is 18.2 Å². The lowest BCUT2D eigenvalue weighted by atomic mass is 10.2. The van der Waals surface area contributed by atoms with Gasteiger partial charge in [-0.2, -0.15) is 13.2 Å². The van der Waals surface area contributed by atoms with Gasteiger partial charge in [-0.05, 0) is 43.3 Å². The van der Waals surface area contributed by atoms with Gasteiger partial charge in [-0.25, -0.2) is 0 Å². The average Bonchev–Trinajstić information content (AvgIpc) is 2.70. The van der Waals surface area contributed by atoms with E-state index in [2.05, 4.69) is 15.4 Å². The monoisotopic (exact) mass is 410 g/mol. The van der Waals surface area contributed by atoms with E-state index in [0.29, 0.717) is 23.8 Å². The molecular weight excluding hydrogens is 389 g/mol. The van der Waals surface area contributed by atoms with Gasteiger partial charge in [0.05, 0.1) is 6.54 Å². The third-order valence-electron chi connectivity index (χ3n) is 4.10. The molecule has 0 radical (unpaired) electrons. The van der Waals surface area contributed by atoms with Gasteiger partial charge in [0.1, 0.15) is 24.5 Å². The summed E-state index contributed by atoms with van der Waals surface area (Å²) in [4.78, 5) is 12.3. The molecule has 0 aliphatic carbocycles. The van der Waals surface area contributed by atoms with Crippen molar-refractivity contribution < 1.29 is 32.2 Å². The highest BCUT2D eigenvalue weighted by Crippen LogP contribution is 2.30. The Bertz CT molecular complexity index is 827. The van der Waals surface area contributed by atoms with Crippen LogP contribution < -0.4 is 24.8 Å². The van der Waals surface area contributed by atoms with Crippen LogP contribution in [-0.2, 0) is 4.79 Å². The Balaban J connectivity index is 1.43. The quantitative estimate of drug-likeness (QED) is 0.733. The molecule has 0 saturated carbocycles. The van der Waals surface area contributed by atoms with Crippen molar-refractivity contribution in [3.63, 3.8) is 0 Å². The third kappa shape index (κ3) is 6.20. The van der Waals surface area contributed by atoms with Gasteiger partial charge in [-0.1, -0.05) is 12.1 Å². The smallest absolute Gasteiger partial charge is 0.422 e. The molecule has 3 rings (SSSR count). The summed E-state index contributed by atoms with van der Waals surface area (Å²) in [5, 5.41) is 5.78. The molecule has 0 fully saturated rings. The molecular formula is C20H21F3N2O4. The minimum absolute atomic E-state index is 0.0970. The van der Waals surface area contributed by atoms with Crippen molar-refractivity contribution in [1.82, 2.24) is 5.32 Å². The number of ether oxygens (including phenoxy) is 3. The standard InChI is InChI=1S/C20H21F3N2O4/c1-13(25-14-6-8-15(9-7-14)28-12-20(21,22)23)19(26)24-10-16-11-27-17-4-2-3-5-18(17)29-16/h2-9,13,16,25H,10-12H2,1H3,(H,24,26). The molecule has 9 heteroatoms. The van der Waals surface area contributed by atoms with E-state index >= 15 is 0 Å². The highest BCUT2D eigenvalue weighted by molar-refractivity contribution is 5.84. The van der Waals surface area contributed by atoms with E-state index in [-0.39, 0.29) is 24.3 Å². The summed E-state index contributed by atoms with van der Waals surface area (Å²) >= 11 is 0. The maximum absolute atomic E-state index is 12.3. The number of nitrogens with one attached hydrogen (secondary N) is 2. The second kappa shape index (κ2) is 8.93. The van der Waals surface area contributed by atoms with E-state index in [0.717, 1.165) is 0 Å². The molecule has 2 aromatic carbocycles. The normalized spacial score (nSPS) is 16.6. The summed E-state index contributed by atoms with van der Waals surface area (Å²) < 4.78 is 52.5.